The number of nitrogen functional groups attached to an aromatic ring is 1. The summed E-state index contributed by atoms with van der Waals surface area (Å²) in [6.07, 6.45) is 0.902. The second-order valence-corrected chi connectivity index (χ2v) is 6.53. The van der Waals surface area contributed by atoms with Gasteiger partial charge in [0.05, 0.1) is 10.6 Å². The van der Waals surface area contributed by atoms with Crippen LogP contribution >= 0.6 is 11.8 Å². The number of nitrogens with one attached hydrogen (secondary N) is 1. The zero-order valence-corrected chi connectivity index (χ0v) is 14.5. The van der Waals surface area contributed by atoms with Gasteiger partial charge in [-0.05, 0) is 60.0 Å². The first-order valence-corrected chi connectivity index (χ1v) is 8.62. The number of aliphatic imine (C=N–C) groups is 1. The van der Waals surface area contributed by atoms with Crippen molar-refractivity contribution in [2.45, 2.75) is 20.3 Å². The summed E-state index contributed by atoms with van der Waals surface area (Å²) >= 11 is 1.38. The maximum absolute atomic E-state index is 12.3. The number of hydrogen-bond acceptors (Lipinski definition) is 4. The molecule has 0 spiro atoms. The number of amidine groups is 1. The van der Waals surface area contributed by atoms with Crippen molar-refractivity contribution >= 4 is 39.8 Å². The number of amides is 1. The fourth-order valence-electron chi connectivity index (χ4n) is 2.51. The number of allylic oxidation sites excluding steroid dienone is 1. The van der Waals surface area contributed by atoms with Crippen LogP contribution in [0, 0.1) is 0 Å². The molecule has 1 heterocycles. The first-order valence-electron chi connectivity index (χ1n) is 7.81. The standard InChI is InChI=1S/C19H19N3OS/c1-3-13-6-4-5-7-16(13)21-19-22-18(23)17(24-19)12(2)14-8-10-15(20)11-9-14/h4-11H,3,20H2,1-2H3,(H,21,22,23)/b17-12-. The van der Waals surface area contributed by atoms with Crippen molar-refractivity contribution in [3.63, 3.8) is 0 Å². The molecule has 1 aliphatic rings. The van der Waals surface area contributed by atoms with Crippen LogP contribution in [-0.4, -0.2) is 11.1 Å². The molecule has 4 nitrogen and oxygen atoms in total. The Morgan fingerprint density at radius 1 is 1.17 bits per heavy atom. The maximum atomic E-state index is 12.3. The number of rotatable bonds is 3. The topological polar surface area (TPSA) is 67.5 Å². The van der Waals surface area contributed by atoms with Crippen LogP contribution in [0.4, 0.5) is 11.4 Å². The van der Waals surface area contributed by atoms with E-state index < -0.39 is 0 Å². The van der Waals surface area contributed by atoms with Crippen LogP contribution in [-0.2, 0) is 11.2 Å². The molecule has 1 amide bonds. The number of carbonyl (C=O) groups is 1. The van der Waals surface area contributed by atoms with Gasteiger partial charge in [0.15, 0.2) is 5.17 Å². The number of thioether (sulfide) groups is 1. The van der Waals surface area contributed by atoms with Crippen LogP contribution < -0.4 is 11.1 Å². The van der Waals surface area contributed by atoms with Crippen LogP contribution in [0.25, 0.3) is 5.57 Å². The lowest BCUT2D eigenvalue weighted by Crippen LogP contribution is -2.19. The molecule has 1 aliphatic heterocycles. The minimum absolute atomic E-state index is 0.109. The van der Waals surface area contributed by atoms with E-state index in [0.717, 1.165) is 28.8 Å². The average Bonchev–Trinajstić information content (AvgIpc) is 2.96. The predicted octanol–water partition coefficient (Wildman–Crippen LogP) is 4.11. The molecule has 0 radical (unpaired) electrons. The van der Waals surface area contributed by atoms with E-state index in [2.05, 4.69) is 23.3 Å². The van der Waals surface area contributed by atoms with Crippen molar-refractivity contribution in [2.75, 3.05) is 5.73 Å². The quantitative estimate of drug-likeness (QED) is 0.654. The molecule has 1 saturated heterocycles. The van der Waals surface area contributed by atoms with Crippen LogP contribution in [0.3, 0.4) is 0 Å². The van der Waals surface area contributed by atoms with E-state index >= 15 is 0 Å². The Morgan fingerprint density at radius 2 is 1.88 bits per heavy atom. The Bertz CT molecular complexity index is 838. The Hall–Kier alpha value is -2.53. The highest BCUT2D eigenvalue weighted by Crippen LogP contribution is 2.33. The minimum atomic E-state index is -0.109. The normalized spacial score (nSPS) is 17.9. The number of carbonyl (C=O) groups excluding carboxylic acids is 1. The lowest BCUT2D eigenvalue weighted by Gasteiger charge is -2.04. The number of hydrogen-bond donors (Lipinski definition) is 2. The van der Waals surface area contributed by atoms with Crippen LogP contribution in [0.2, 0.25) is 0 Å². The third kappa shape index (κ3) is 3.36. The number of nitrogens with zero attached hydrogens (tertiary/aromatic N) is 1. The molecular formula is C19H19N3OS. The van der Waals surface area contributed by atoms with Crippen molar-refractivity contribution in [1.82, 2.24) is 5.32 Å². The Balaban J connectivity index is 1.92. The predicted molar refractivity (Wildman–Crippen MR) is 102 cm³/mol. The molecule has 5 heteroatoms. The Morgan fingerprint density at radius 3 is 2.58 bits per heavy atom. The van der Waals surface area contributed by atoms with Gasteiger partial charge in [-0.3, -0.25) is 4.79 Å². The number of para-hydroxylation sites is 1. The number of nitrogens with two attached hydrogens (primary N) is 1. The Labute approximate surface area is 145 Å². The molecule has 2 aromatic rings. The summed E-state index contributed by atoms with van der Waals surface area (Å²) in [4.78, 5) is 17.6. The van der Waals surface area contributed by atoms with Crippen molar-refractivity contribution in [2.24, 2.45) is 4.99 Å². The van der Waals surface area contributed by atoms with Gasteiger partial charge in [-0.2, -0.15) is 0 Å². The van der Waals surface area contributed by atoms with Crippen LogP contribution in [0.1, 0.15) is 25.0 Å². The van der Waals surface area contributed by atoms with Gasteiger partial charge >= 0.3 is 0 Å². The molecule has 24 heavy (non-hydrogen) atoms. The van der Waals surface area contributed by atoms with E-state index in [1.54, 1.807) is 0 Å². The Kier molecular flexibility index (Phi) is 4.71. The second kappa shape index (κ2) is 6.93. The molecular weight excluding hydrogens is 318 g/mol. The molecule has 0 bridgehead atoms. The zero-order chi connectivity index (χ0) is 17.1. The summed E-state index contributed by atoms with van der Waals surface area (Å²) in [5.74, 6) is -0.109. The second-order valence-electron chi connectivity index (χ2n) is 5.53. The van der Waals surface area contributed by atoms with Crippen LogP contribution in [0.5, 0.6) is 0 Å². The molecule has 0 saturated carbocycles. The van der Waals surface area contributed by atoms with Gasteiger partial charge in [0.2, 0.25) is 0 Å². The lowest BCUT2D eigenvalue weighted by atomic mass is 10.1. The smallest absolute Gasteiger partial charge is 0.264 e. The summed E-state index contributed by atoms with van der Waals surface area (Å²) in [6.45, 7) is 4.03. The highest BCUT2D eigenvalue weighted by atomic mass is 32.2. The molecule has 122 valence electrons. The summed E-state index contributed by atoms with van der Waals surface area (Å²) in [7, 11) is 0. The van der Waals surface area contributed by atoms with E-state index in [1.165, 1.54) is 11.8 Å². The monoisotopic (exact) mass is 337 g/mol. The van der Waals surface area contributed by atoms with Gasteiger partial charge in [-0.1, -0.05) is 37.3 Å². The van der Waals surface area contributed by atoms with E-state index in [4.69, 9.17) is 5.73 Å². The maximum Gasteiger partial charge on any atom is 0.264 e. The third-order valence-corrected chi connectivity index (χ3v) is 4.99. The van der Waals surface area contributed by atoms with Crippen LogP contribution in [0.15, 0.2) is 58.4 Å². The van der Waals surface area contributed by atoms with Crippen molar-refractivity contribution in [3.8, 4) is 0 Å². The highest BCUT2D eigenvalue weighted by Gasteiger charge is 2.26. The zero-order valence-electron chi connectivity index (χ0n) is 13.7. The highest BCUT2D eigenvalue weighted by molar-refractivity contribution is 8.18. The summed E-state index contributed by atoms with van der Waals surface area (Å²) in [6, 6.07) is 15.5. The van der Waals surface area contributed by atoms with Crippen molar-refractivity contribution < 1.29 is 4.79 Å². The summed E-state index contributed by atoms with van der Waals surface area (Å²) in [5, 5.41) is 3.47. The first-order chi connectivity index (χ1) is 11.6. The molecule has 3 rings (SSSR count). The molecule has 3 N–H and O–H groups in total. The van der Waals surface area contributed by atoms with Gasteiger partial charge in [-0.15, -0.1) is 0 Å². The molecule has 0 atom stereocenters. The average molecular weight is 337 g/mol. The molecule has 0 unspecified atom stereocenters. The minimum Gasteiger partial charge on any atom is -0.399 e. The van der Waals surface area contributed by atoms with Gasteiger partial charge in [0.1, 0.15) is 0 Å². The largest absolute Gasteiger partial charge is 0.399 e. The summed E-state index contributed by atoms with van der Waals surface area (Å²) in [5.41, 5.74) is 10.4. The lowest BCUT2D eigenvalue weighted by molar-refractivity contribution is -0.115. The molecule has 0 aromatic heterocycles. The number of anilines is 1. The fraction of sp³-hybridized carbons (Fsp3) is 0.158. The van der Waals surface area contributed by atoms with E-state index in [1.807, 2.05) is 49.4 Å². The van der Waals surface area contributed by atoms with Gasteiger partial charge in [0, 0.05) is 5.69 Å². The molecule has 0 aliphatic carbocycles. The fourth-order valence-corrected chi connectivity index (χ4v) is 3.41. The van der Waals surface area contributed by atoms with Gasteiger partial charge in [0.25, 0.3) is 5.91 Å². The molecule has 2 aromatic carbocycles. The van der Waals surface area contributed by atoms with Crippen molar-refractivity contribution in [3.05, 3.63) is 64.6 Å². The van der Waals surface area contributed by atoms with Crippen molar-refractivity contribution in [1.29, 1.82) is 0 Å². The SMILES string of the molecule is CCc1ccccc1N=C1NC(=O)/C(=C(\C)c2ccc(N)cc2)S1. The summed E-state index contributed by atoms with van der Waals surface area (Å²) < 4.78 is 0. The number of aryl methyl sites for hydroxylation is 1. The first kappa shape index (κ1) is 16.3. The third-order valence-electron chi connectivity index (χ3n) is 3.90. The van der Waals surface area contributed by atoms with E-state index in [9.17, 15) is 4.79 Å². The van der Waals surface area contributed by atoms with Gasteiger partial charge in [-0.25, -0.2) is 4.99 Å². The number of benzene rings is 2. The molecule has 1 fully saturated rings. The van der Waals surface area contributed by atoms with Gasteiger partial charge < -0.3 is 11.1 Å². The van der Waals surface area contributed by atoms with E-state index in [-0.39, 0.29) is 5.91 Å². The van der Waals surface area contributed by atoms with E-state index in [0.29, 0.717) is 15.8 Å².